The summed E-state index contributed by atoms with van der Waals surface area (Å²) in [7, 11) is 0. The van der Waals surface area contributed by atoms with Crippen molar-refractivity contribution in [3.8, 4) is 11.5 Å². The van der Waals surface area contributed by atoms with Crippen LogP contribution in [0, 0.1) is 0 Å². The molecule has 0 unspecified atom stereocenters. The zero-order chi connectivity index (χ0) is 9.42. The first-order chi connectivity index (χ1) is 6.16. The number of phenols is 2. The zero-order valence-electron chi connectivity index (χ0n) is 6.61. The van der Waals surface area contributed by atoms with Gasteiger partial charge in [-0.1, -0.05) is 0 Å². The van der Waals surface area contributed by atoms with Gasteiger partial charge in [0.25, 0.3) is 0 Å². The predicted molar refractivity (Wildman–Crippen MR) is 47.9 cm³/mol. The van der Waals surface area contributed by atoms with Crippen LogP contribution in [-0.2, 0) is 0 Å². The van der Waals surface area contributed by atoms with E-state index >= 15 is 0 Å². The highest BCUT2D eigenvalue weighted by Gasteiger charge is 2.01. The van der Waals surface area contributed by atoms with Gasteiger partial charge in [0.2, 0.25) is 5.56 Å². The van der Waals surface area contributed by atoms with E-state index in [0.29, 0.717) is 10.9 Å². The lowest BCUT2D eigenvalue weighted by Crippen LogP contribution is -2.01. The number of benzene rings is 1. The Kier molecular flexibility index (Phi) is 1.48. The van der Waals surface area contributed by atoms with Crippen LogP contribution >= 0.6 is 0 Å². The van der Waals surface area contributed by atoms with E-state index in [4.69, 9.17) is 10.2 Å². The Morgan fingerprint density at radius 1 is 1.08 bits per heavy atom. The van der Waals surface area contributed by atoms with Crippen LogP contribution in [0.2, 0.25) is 0 Å². The van der Waals surface area contributed by atoms with E-state index in [1.165, 1.54) is 18.2 Å². The summed E-state index contributed by atoms with van der Waals surface area (Å²) in [5.41, 5.74) is 0.264. The third-order valence-electron chi connectivity index (χ3n) is 1.82. The summed E-state index contributed by atoms with van der Waals surface area (Å²) in [6.45, 7) is 0. The van der Waals surface area contributed by atoms with Crippen molar-refractivity contribution in [3.63, 3.8) is 0 Å². The van der Waals surface area contributed by atoms with Gasteiger partial charge in [-0.05, 0) is 12.1 Å². The Bertz CT molecular complexity index is 516. The van der Waals surface area contributed by atoms with E-state index in [-0.39, 0.29) is 17.1 Å². The van der Waals surface area contributed by atoms with Crippen molar-refractivity contribution in [1.82, 2.24) is 4.98 Å². The second-order valence-corrected chi connectivity index (χ2v) is 2.75. The molecule has 4 heteroatoms. The van der Waals surface area contributed by atoms with E-state index in [2.05, 4.69) is 4.98 Å². The van der Waals surface area contributed by atoms with E-state index in [9.17, 15) is 4.79 Å². The van der Waals surface area contributed by atoms with Crippen molar-refractivity contribution >= 4 is 10.9 Å². The van der Waals surface area contributed by atoms with E-state index in [1.807, 2.05) is 0 Å². The van der Waals surface area contributed by atoms with Crippen LogP contribution in [0.25, 0.3) is 10.9 Å². The van der Waals surface area contributed by atoms with Gasteiger partial charge >= 0.3 is 0 Å². The lowest BCUT2D eigenvalue weighted by molar-refractivity contribution is 0.405. The van der Waals surface area contributed by atoms with Crippen LogP contribution in [0.4, 0.5) is 0 Å². The average Bonchev–Trinajstić information content (AvgIpc) is 2.08. The van der Waals surface area contributed by atoms with Crippen LogP contribution in [0.3, 0.4) is 0 Å². The Morgan fingerprint density at radius 3 is 2.54 bits per heavy atom. The van der Waals surface area contributed by atoms with Crippen molar-refractivity contribution in [3.05, 3.63) is 34.6 Å². The molecular weight excluding hydrogens is 170 g/mol. The molecule has 0 bridgehead atoms. The van der Waals surface area contributed by atoms with Crippen LogP contribution in [-0.4, -0.2) is 15.2 Å². The topological polar surface area (TPSA) is 73.3 Å². The molecule has 1 aromatic carbocycles. The number of fused-ring (bicyclic) bond motifs is 1. The van der Waals surface area contributed by atoms with E-state index in [1.54, 1.807) is 6.07 Å². The summed E-state index contributed by atoms with van der Waals surface area (Å²) >= 11 is 0. The number of aromatic nitrogens is 1. The number of aromatic amines is 1. The van der Waals surface area contributed by atoms with Gasteiger partial charge in [-0.25, -0.2) is 0 Å². The van der Waals surface area contributed by atoms with Gasteiger partial charge in [-0.3, -0.25) is 4.79 Å². The standard InChI is InChI=1S/C9H7NO3/c11-7-3-5-1-2-9(13)10-6(5)4-8(7)12/h1-4,11-12H,(H,10,13). The summed E-state index contributed by atoms with van der Waals surface area (Å²) < 4.78 is 0. The predicted octanol–water partition coefficient (Wildman–Crippen LogP) is 0.939. The minimum absolute atomic E-state index is 0.195. The normalized spacial score (nSPS) is 10.5. The molecule has 3 N–H and O–H groups in total. The molecule has 0 aliphatic carbocycles. The minimum atomic E-state index is -0.241. The Labute approximate surface area is 73.1 Å². The SMILES string of the molecule is O=c1ccc2cc(O)c(O)cc2[nH]1. The van der Waals surface area contributed by atoms with Gasteiger partial charge in [-0.2, -0.15) is 0 Å². The summed E-state index contributed by atoms with van der Waals surface area (Å²) in [5.74, 6) is -0.436. The smallest absolute Gasteiger partial charge is 0.248 e. The fraction of sp³-hybridized carbons (Fsp3) is 0. The lowest BCUT2D eigenvalue weighted by atomic mass is 10.2. The Balaban J connectivity index is 2.89. The largest absolute Gasteiger partial charge is 0.504 e. The van der Waals surface area contributed by atoms with Gasteiger partial charge in [0.1, 0.15) is 0 Å². The molecule has 0 saturated carbocycles. The quantitative estimate of drug-likeness (QED) is 0.524. The molecule has 1 heterocycles. The van der Waals surface area contributed by atoms with Crippen LogP contribution in [0.15, 0.2) is 29.1 Å². The molecule has 0 spiro atoms. The maximum atomic E-state index is 10.9. The fourth-order valence-electron chi connectivity index (χ4n) is 1.18. The third-order valence-corrected chi connectivity index (χ3v) is 1.82. The molecule has 0 aliphatic heterocycles. The number of H-pyrrole nitrogens is 1. The first kappa shape index (κ1) is 7.67. The van der Waals surface area contributed by atoms with E-state index in [0.717, 1.165) is 0 Å². The summed E-state index contributed by atoms with van der Waals surface area (Å²) in [6, 6.07) is 5.64. The highest BCUT2D eigenvalue weighted by Crippen LogP contribution is 2.28. The number of nitrogens with one attached hydrogen (secondary N) is 1. The number of phenolic OH excluding ortho intramolecular Hbond substituents is 2. The van der Waals surface area contributed by atoms with Crippen molar-refractivity contribution in [1.29, 1.82) is 0 Å². The second-order valence-electron chi connectivity index (χ2n) is 2.75. The monoisotopic (exact) mass is 177 g/mol. The van der Waals surface area contributed by atoms with Crippen molar-refractivity contribution in [2.24, 2.45) is 0 Å². The molecular formula is C9H7NO3. The molecule has 4 nitrogen and oxygen atoms in total. The minimum Gasteiger partial charge on any atom is -0.504 e. The van der Waals surface area contributed by atoms with Crippen molar-refractivity contribution < 1.29 is 10.2 Å². The number of aromatic hydroxyl groups is 2. The summed E-state index contributed by atoms with van der Waals surface area (Å²) in [5, 5.41) is 19.0. The second kappa shape index (κ2) is 2.52. The summed E-state index contributed by atoms with van der Waals surface area (Å²) in [4.78, 5) is 13.4. The summed E-state index contributed by atoms with van der Waals surface area (Å²) in [6.07, 6.45) is 0. The van der Waals surface area contributed by atoms with Crippen molar-refractivity contribution in [2.45, 2.75) is 0 Å². The number of pyridine rings is 1. The molecule has 2 rings (SSSR count). The van der Waals surface area contributed by atoms with Gasteiger partial charge in [0.05, 0.1) is 5.52 Å². The van der Waals surface area contributed by atoms with Crippen molar-refractivity contribution in [2.75, 3.05) is 0 Å². The molecule has 0 amide bonds. The molecule has 0 fully saturated rings. The molecule has 0 radical (unpaired) electrons. The van der Waals surface area contributed by atoms with Gasteiger partial charge in [0, 0.05) is 17.5 Å². The highest BCUT2D eigenvalue weighted by atomic mass is 16.3. The Morgan fingerprint density at radius 2 is 1.77 bits per heavy atom. The third kappa shape index (κ3) is 1.22. The maximum absolute atomic E-state index is 10.9. The van der Waals surface area contributed by atoms with Crippen LogP contribution < -0.4 is 5.56 Å². The fourth-order valence-corrected chi connectivity index (χ4v) is 1.18. The molecule has 0 aliphatic rings. The first-order valence-electron chi connectivity index (χ1n) is 3.72. The molecule has 2 aromatic rings. The first-order valence-corrected chi connectivity index (χ1v) is 3.72. The molecule has 66 valence electrons. The zero-order valence-corrected chi connectivity index (χ0v) is 6.61. The molecule has 0 saturated heterocycles. The number of hydrogen-bond donors (Lipinski definition) is 3. The van der Waals surface area contributed by atoms with Gasteiger partial charge in [-0.15, -0.1) is 0 Å². The number of hydrogen-bond acceptors (Lipinski definition) is 3. The van der Waals surface area contributed by atoms with E-state index < -0.39 is 0 Å². The van der Waals surface area contributed by atoms with Crippen LogP contribution in [0.5, 0.6) is 11.5 Å². The molecule has 1 aromatic heterocycles. The number of rotatable bonds is 0. The maximum Gasteiger partial charge on any atom is 0.248 e. The van der Waals surface area contributed by atoms with Gasteiger partial charge in [0.15, 0.2) is 11.5 Å². The highest BCUT2D eigenvalue weighted by molar-refractivity contribution is 5.81. The molecule has 13 heavy (non-hydrogen) atoms. The lowest BCUT2D eigenvalue weighted by Gasteiger charge is -2.00. The Hall–Kier alpha value is -1.97. The van der Waals surface area contributed by atoms with Gasteiger partial charge < -0.3 is 15.2 Å². The molecule has 0 atom stereocenters. The van der Waals surface area contributed by atoms with Crippen LogP contribution in [0.1, 0.15) is 0 Å². The average molecular weight is 177 g/mol.